The molecule has 0 saturated heterocycles. The number of rotatable bonds is 11. The first-order chi connectivity index (χ1) is 32.4. The summed E-state index contributed by atoms with van der Waals surface area (Å²) in [4.78, 5) is 4.36. The van der Waals surface area contributed by atoms with Crippen molar-refractivity contribution in [3.8, 4) is 55.6 Å². The zero-order valence-electron chi connectivity index (χ0n) is 35.5. The van der Waals surface area contributed by atoms with Crippen molar-refractivity contribution in [3.63, 3.8) is 0 Å². The van der Waals surface area contributed by atoms with Crippen LogP contribution in [0.5, 0.6) is 0 Å². The highest BCUT2D eigenvalue weighted by molar-refractivity contribution is 6.45. The minimum Gasteiger partial charge on any atom is -0.310 e. The van der Waals surface area contributed by atoms with E-state index in [1.165, 1.54) is 0 Å². The van der Waals surface area contributed by atoms with E-state index in [0.29, 0.717) is 31.2 Å². The fourth-order valence-electron chi connectivity index (χ4n) is 8.57. The van der Waals surface area contributed by atoms with Crippen LogP contribution < -0.4 is 9.80 Å². The molecule has 0 unspecified atom stereocenters. The highest BCUT2D eigenvalue weighted by Crippen LogP contribution is 2.50. The van der Waals surface area contributed by atoms with Gasteiger partial charge in [-0.1, -0.05) is 216 Å². The van der Waals surface area contributed by atoms with E-state index in [1.807, 2.05) is 48.5 Å². The summed E-state index contributed by atoms with van der Waals surface area (Å²) >= 11 is 29.6. The Kier molecular flexibility index (Phi) is 12.5. The summed E-state index contributed by atoms with van der Waals surface area (Å²) < 4.78 is 0. The Morgan fingerprint density at radius 1 is 0.197 bits per heavy atom. The smallest absolute Gasteiger partial charge is 0.0521 e. The van der Waals surface area contributed by atoms with E-state index in [9.17, 15) is 0 Å². The molecule has 0 bridgehead atoms. The summed E-state index contributed by atoms with van der Waals surface area (Å²) in [5, 5.41) is 1.61. The van der Waals surface area contributed by atoms with Gasteiger partial charge >= 0.3 is 0 Å². The minimum absolute atomic E-state index is 0.403. The standard InChI is InChI=1S/C60H40Cl4N2/c61-55-37-53(65(49-29-13-25-45(33-49)41-17-5-1-6-18-41)50-30-14-26-46(34-50)42-19-7-2-8-20-42)38-56(62)59(55)60-57(63)39-54(40-58(60)64)66(51-31-15-27-47(35-51)43-21-9-3-10-22-43)52-32-16-28-48(36-52)44-23-11-4-12-24-44/h1-40H. The van der Waals surface area contributed by atoms with Crippen molar-refractivity contribution in [1.29, 1.82) is 0 Å². The van der Waals surface area contributed by atoms with Crippen molar-refractivity contribution >= 4 is 80.5 Å². The van der Waals surface area contributed by atoms with Crippen molar-refractivity contribution in [1.82, 2.24) is 0 Å². The molecule has 0 aliphatic heterocycles. The van der Waals surface area contributed by atoms with E-state index in [0.717, 1.165) is 78.6 Å². The number of anilines is 6. The molecular weight excluding hydrogens is 890 g/mol. The van der Waals surface area contributed by atoms with Crippen LogP contribution in [-0.2, 0) is 0 Å². The van der Waals surface area contributed by atoms with Gasteiger partial charge in [0.1, 0.15) is 0 Å². The maximum Gasteiger partial charge on any atom is 0.0521 e. The molecule has 0 amide bonds. The second kappa shape index (κ2) is 19.2. The molecule has 0 N–H and O–H groups in total. The van der Waals surface area contributed by atoms with Gasteiger partial charge in [0, 0.05) is 45.3 Å². The molecule has 0 heterocycles. The Hall–Kier alpha value is -7.04. The van der Waals surface area contributed by atoms with Gasteiger partial charge in [0.15, 0.2) is 0 Å². The van der Waals surface area contributed by atoms with Crippen LogP contribution in [0.2, 0.25) is 20.1 Å². The molecule has 6 heteroatoms. The average molecular weight is 931 g/mol. The number of halogens is 4. The quantitative estimate of drug-likeness (QED) is 0.128. The molecule has 10 rings (SSSR count). The lowest BCUT2D eigenvalue weighted by Crippen LogP contribution is -2.11. The lowest BCUT2D eigenvalue weighted by Gasteiger charge is -2.28. The Bertz CT molecular complexity index is 2870. The van der Waals surface area contributed by atoms with E-state index < -0.39 is 0 Å². The normalized spacial score (nSPS) is 11.0. The topological polar surface area (TPSA) is 6.48 Å². The predicted molar refractivity (Wildman–Crippen MR) is 283 cm³/mol. The second-order valence-electron chi connectivity index (χ2n) is 15.9. The molecule has 0 aliphatic carbocycles. The van der Waals surface area contributed by atoms with Crippen molar-refractivity contribution < 1.29 is 0 Å². The summed E-state index contributed by atoms with van der Waals surface area (Å²) in [6.07, 6.45) is 0. The number of hydrogen-bond donors (Lipinski definition) is 0. The Balaban J connectivity index is 1.08. The van der Waals surface area contributed by atoms with Crippen molar-refractivity contribution in [2.45, 2.75) is 0 Å². The van der Waals surface area contributed by atoms with Gasteiger partial charge in [-0.25, -0.2) is 0 Å². The largest absolute Gasteiger partial charge is 0.310 e. The third-order valence-electron chi connectivity index (χ3n) is 11.7. The summed E-state index contributed by atoms with van der Waals surface area (Å²) in [5.74, 6) is 0. The average Bonchev–Trinajstić information content (AvgIpc) is 3.36. The van der Waals surface area contributed by atoms with Gasteiger partial charge in [-0.2, -0.15) is 0 Å². The monoisotopic (exact) mass is 928 g/mol. The first-order valence-corrected chi connectivity index (χ1v) is 23.1. The van der Waals surface area contributed by atoms with E-state index in [-0.39, 0.29) is 0 Å². The van der Waals surface area contributed by atoms with Crippen LogP contribution in [0.15, 0.2) is 243 Å². The van der Waals surface area contributed by atoms with E-state index in [4.69, 9.17) is 46.4 Å². The van der Waals surface area contributed by atoms with Gasteiger partial charge in [0.25, 0.3) is 0 Å². The van der Waals surface area contributed by atoms with Crippen LogP contribution >= 0.6 is 46.4 Å². The molecular formula is C60H40Cl4N2. The Morgan fingerprint density at radius 3 is 0.636 bits per heavy atom. The number of benzene rings is 10. The Labute approximate surface area is 406 Å². The van der Waals surface area contributed by atoms with E-state index in [1.54, 1.807) is 0 Å². The molecule has 2 nitrogen and oxygen atoms in total. The van der Waals surface area contributed by atoms with Gasteiger partial charge < -0.3 is 9.80 Å². The maximum atomic E-state index is 7.39. The minimum atomic E-state index is 0.403. The Morgan fingerprint density at radius 2 is 0.409 bits per heavy atom. The first-order valence-electron chi connectivity index (χ1n) is 21.6. The van der Waals surface area contributed by atoms with Gasteiger partial charge in [0.05, 0.1) is 20.1 Å². The molecule has 0 aromatic heterocycles. The van der Waals surface area contributed by atoms with Crippen molar-refractivity contribution in [3.05, 3.63) is 263 Å². The zero-order valence-corrected chi connectivity index (χ0v) is 38.5. The van der Waals surface area contributed by atoms with Gasteiger partial charge in [-0.15, -0.1) is 0 Å². The summed E-state index contributed by atoms with van der Waals surface area (Å²) in [7, 11) is 0. The number of hydrogen-bond acceptors (Lipinski definition) is 2. The van der Waals surface area contributed by atoms with E-state index >= 15 is 0 Å². The highest BCUT2D eigenvalue weighted by atomic mass is 35.5. The fourth-order valence-corrected chi connectivity index (χ4v) is 9.90. The molecule has 0 fully saturated rings. The first kappa shape index (κ1) is 42.9. The molecule has 0 saturated carbocycles. The van der Waals surface area contributed by atoms with Crippen LogP contribution in [0.3, 0.4) is 0 Å². The third-order valence-corrected chi connectivity index (χ3v) is 12.9. The van der Waals surface area contributed by atoms with Crippen LogP contribution in [0, 0.1) is 0 Å². The van der Waals surface area contributed by atoms with Crippen LogP contribution in [-0.4, -0.2) is 0 Å². The summed E-state index contributed by atoms with van der Waals surface area (Å²) in [6.45, 7) is 0. The molecule has 0 radical (unpaired) electrons. The number of nitrogens with zero attached hydrogens (tertiary/aromatic N) is 2. The third kappa shape index (κ3) is 8.98. The van der Waals surface area contributed by atoms with Gasteiger partial charge in [-0.3, -0.25) is 0 Å². The molecule has 0 atom stereocenters. The molecule has 10 aromatic carbocycles. The summed E-state index contributed by atoms with van der Waals surface area (Å²) in [6, 6.07) is 83.1. The maximum absolute atomic E-state index is 7.39. The van der Waals surface area contributed by atoms with E-state index in [2.05, 4.69) is 204 Å². The van der Waals surface area contributed by atoms with Crippen LogP contribution in [0.4, 0.5) is 34.1 Å². The predicted octanol–water partition coefficient (Wildman–Crippen LogP) is 19.6. The van der Waals surface area contributed by atoms with Crippen LogP contribution in [0.25, 0.3) is 55.6 Å². The lowest BCUT2D eigenvalue weighted by atomic mass is 10.0. The molecule has 318 valence electrons. The summed E-state index contributed by atoms with van der Waals surface area (Å²) in [5.41, 5.74) is 15.2. The van der Waals surface area contributed by atoms with Crippen molar-refractivity contribution in [2.75, 3.05) is 9.80 Å². The van der Waals surface area contributed by atoms with Gasteiger partial charge in [-0.05, 0) is 117 Å². The second-order valence-corrected chi connectivity index (χ2v) is 17.5. The fraction of sp³-hybridized carbons (Fsp3) is 0. The van der Waals surface area contributed by atoms with Gasteiger partial charge in [0.2, 0.25) is 0 Å². The molecule has 10 aromatic rings. The molecule has 0 aliphatic rings. The molecule has 0 spiro atoms. The molecule has 66 heavy (non-hydrogen) atoms. The lowest BCUT2D eigenvalue weighted by molar-refractivity contribution is 1.28. The van der Waals surface area contributed by atoms with Crippen molar-refractivity contribution in [2.24, 2.45) is 0 Å². The highest BCUT2D eigenvalue weighted by Gasteiger charge is 2.24. The zero-order chi connectivity index (χ0) is 45.0. The SMILES string of the molecule is Clc1cc(N(c2cccc(-c3ccccc3)c2)c2cccc(-c3ccccc3)c2)cc(Cl)c1-c1c(Cl)cc(N(c2cccc(-c3ccccc3)c2)c2cccc(-c3ccccc3)c2)cc1Cl. The van der Waals surface area contributed by atoms with Crippen LogP contribution in [0.1, 0.15) is 0 Å².